The van der Waals surface area contributed by atoms with E-state index in [2.05, 4.69) is 50.0 Å². The van der Waals surface area contributed by atoms with Gasteiger partial charge in [-0.15, -0.1) is 0 Å². The van der Waals surface area contributed by atoms with Gasteiger partial charge in [0.15, 0.2) is 0 Å². The molecule has 0 atom stereocenters. The average Bonchev–Trinajstić information content (AvgIpc) is 2.80. The quantitative estimate of drug-likeness (QED) is 0.866. The number of hydrogen-bond donors (Lipinski definition) is 1. The van der Waals surface area contributed by atoms with E-state index in [4.69, 9.17) is 11.6 Å². The smallest absolute Gasteiger partial charge is 0.139 e. The van der Waals surface area contributed by atoms with E-state index in [9.17, 15) is 0 Å². The number of likely N-dealkylation sites (N-methyl/N-ethyl adjacent to an activating group) is 1. The van der Waals surface area contributed by atoms with Crippen LogP contribution >= 0.6 is 27.5 Å². The summed E-state index contributed by atoms with van der Waals surface area (Å²) in [5.74, 6) is 0. The molecule has 18 heavy (non-hydrogen) atoms. The summed E-state index contributed by atoms with van der Waals surface area (Å²) >= 11 is 9.67. The topological polar surface area (TPSA) is 31.9 Å². The minimum absolute atomic E-state index is 0.719. The molecule has 1 N–H and O–H groups in total. The molecule has 3 heterocycles. The molecule has 0 fully saturated rings. The Bertz CT molecular complexity index is 632. The summed E-state index contributed by atoms with van der Waals surface area (Å²) in [4.78, 5) is 9.99. The second-order valence-electron chi connectivity index (χ2n) is 4.61. The number of nitrogens with zero attached hydrogens (tertiary/aromatic N) is 2. The minimum Gasteiger partial charge on any atom is -0.339 e. The first kappa shape index (κ1) is 12.2. The summed E-state index contributed by atoms with van der Waals surface area (Å²) in [6.07, 6.45) is 5.05. The van der Waals surface area contributed by atoms with Gasteiger partial charge in [-0.3, -0.25) is 0 Å². The van der Waals surface area contributed by atoms with Crippen molar-refractivity contribution in [2.75, 3.05) is 20.1 Å². The molecule has 0 amide bonds. The molecule has 0 bridgehead atoms. The maximum atomic E-state index is 6.27. The van der Waals surface area contributed by atoms with Crippen molar-refractivity contribution in [1.82, 2.24) is 14.9 Å². The van der Waals surface area contributed by atoms with Gasteiger partial charge in [-0.25, -0.2) is 4.98 Å². The molecule has 0 saturated heterocycles. The van der Waals surface area contributed by atoms with E-state index >= 15 is 0 Å². The molecule has 0 saturated carbocycles. The maximum absolute atomic E-state index is 6.27. The van der Waals surface area contributed by atoms with Gasteiger partial charge in [-0.2, -0.15) is 0 Å². The molecule has 3 nitrogen and oxygen atoms in total. The first-order chi connectivity index (χ1) is 8.65. The van der Waals surface area contributed by atoms with Crippen molar-refractivity contribution in [3.63, 3.8) is 0 Å². The summed E-state index contributed by atoms with van der Waals surface area (Å²) in [5, 5.41) is 1.69. The van der Waals surface area contributed by atoms with Crippen molar-refractivity contribution in [2.45, 2.75) is 6.42 Å². The van der Waals surface area contributed by atoms with Gasteiger partial charge >= 0.3 is 0 Å². The van der Waals surface area contributed by atoms with Crippen LogP contribution in [0.3, 0.4) is 0 Å². The van der Waals surface area contributed by atoms with Crippen LogP contribution in [0, 0.1) is 0 Å². The van der Waals surface area contributed by atoms with Crippen LogP contribution in [-0.2, 0) is 0 Å². The summed E-state index contributed by atoms with van der Waals surface area (Å²) in [5.41, 5.74) is 3.32. The number of fused-ring (bicyclic) bond motifs is 1. The molecule has 2 aromatic heterocycles. The fourth-order valence-electron chi connectivity index (χ4n) is 2.21. The van der Waals surface area contributed by atoms with Crippen molar-refractivity contribution in [3.05, 3.63) is 33.5 Å². The third-order valence-corrected chi connectivity index (χ3v) is 4.54. The molecular weight excluding hydrogens is 314 g/mol. The molecule has 0 radical (unpaired) electrons. The van der Waals surface area contributed by atoms with E-state index < -0.39 is 0 Å². The third kappa shape index (κ3) is 2.09. The van der Waals surface area contributed by atoms with Crippen molar-refractivity contribution < 1.29 is 0 Å². The third-order valence-electron chi connectivity index (χ3n) is 3.31. The molecule has 0 unspecified atom stereocenters. The van der Waals surface area contributed by atoms with Crippen LogP contribution in [0.1, 0.15) is 12.1 Å². The Morgan fingerprint density at radius 1 is 1.50 bits per heavy atom. The van der Waals surface area contributed by atoms with Crippen LogP contribution in [0.15, 0.2) is 22.8 Å². The van der Waals surface area contributed by atoms with Gasteiger partial charge in [-0.05, 0) is 41.0 Å². The van der Waals surface area contributed by atoms with Gasteiger partial charge in [0.25, 0.3) is 0 Å². The largest absolute Gasteiger partial charge is 0.339 e. The number of rotatable bonds is 1. The summed E-state index contributed by atoms with van der Waals surface area (Å²) < 4.78 is 0.833. The Hall–Kier alpha value is -0.840. The number of hydrogen-bond acceptors (Lipinski definition) is 2. The van der Waals surface area contributed by atoms with Gasteiger partial charge in [0, 0.05) is 30.4 Å². The predicted octanol–water partition coefficient (Wildman–Crippen LogP) is 3.70. The van der Waals surface area contributed by atoms with Crippen molar-refractivity contribution in [3.8, 4) is 0 Å². The lowest BCUT2D eigenvalue weighted by molar-refractivity contribution is 0.370. The van der Waals surface area contributed by atoms with E-state index in [0.29, 0.717) is 0 Å². The Labute approximate surface area is 119 Å². The van der Waals surface area contributed by atoms with E-state index in [1.54, 1.807) is 6.20 Å². The standard InChI is InChI=1S/C13H13BrClN3/c1-18-4-2-8(3-5-18)11-6-9-12(15)10(14)7-16-13(9)17-11/h2,6-7H,3-5H2,1H3,(H,16,17). The zero-order valence-corrected chi connectivity index (χ0v) is 12.3. The number of halogens is 2. The maximum Gasteiger partial charge on any atom is 0.139 e. The monoisotopic (exact) mass is 325 g/mol. The van der Waals surface area contributed by atoms with Gasteiger partial charge in [0.2, 0.25) is 0 Å². The van der Waals surface area contributed by atoms with Crippen LogP contribution in [-0.4, -0.2) is 35.0 Å². The summed E-state index contributed by atoms with van der Waals surface area (Å²) in [6, 6.07) is 2.09. The molecule has 3 rings (SSSR count). The van der Waals surface area contributed by atoms with Crippen molar-refractivity contribution in [1.29, 1.82) is 0 Å². The van der Waals surface area contributed by atoms with Crippen molar-refractivity contribution in [2.24, 2.45) is 0 Å². The number of aromatic amines is 1. The van der Waals surface area contributed by atoms with Crippen LogP contribution in [0.25, 0.3) is 16.6 Å². The first-order valence-corrected chi connectivity index (χ1v) is 7.03. The molecule has 1 aliphatic heterocycles. The minimum atomic E-state index is 0.719. The predicted molar refractivity (Wildman–Crippen MR) is 78.9 cm³/mol. The number of pyridine rings is 1. The molecule has 1 aliphatic rings. The Morgan fingerprint density at radius 2 is 2.33 bits per heavy atom. The van der Waals surface area contributed by atoms with Gasteiger partial charge in [0.1, 0.15) is 5.65 Å². The molecule has 0 aliphatic carbocycles. The highest BCUT2D eigenvalue weighted by Crippen LogP contribution is 2.32. The highest BCUT2D eigenvalue weighted by molar-refractivity contribution is 9.10. The lowest BCUT2D eigenvalue weighted by Crippen LogP contribution is -2.23. The zero-order chi connectivity index (χ0) is 12.7. The number of aromatic nitrogens is 2. The van der Waals surface area contributed by atoms with E-state index in [1.165, 1.54) is 5.57 Å². The van der Waals surface area contributed by atoms with Crippen LogP contribution < -0.4 is 0 Å². The van der Waals surface area contributed by atoms with Crippen LogP contribution in [0.5, 0.6) is 0 Å². The number of H-pyrrole nitrogens is 1. The zero-order valence-electron chi connectivity index (χ0n) is 10.0. The highest BCUT2D eigenvalue weighted by Gasteiger charge is 2.14. The van der Waals surface area contributed by atoms with Gasteiger partial charge < -0.3 is 9.88 Å². The van der Waals surface area contributed by atoms with Crippen molar-refractivity contribution >= 4 is 44.1 Å². The first-order valence-electron chi connectivity index (χ1n) is 5.86. The van der Waals surface area contributed by atoms with Gasteiger partial charge in [-0.1, -0.05) is 17.7 Å². The molecule has 94 valence electrons. The van der Waals surface area contributed by atoms with E-state index in [-0.39, 0.29) is 0 Å². The SMILES string of the molecule is CN1CC=C(c2cc3c(Cl)c(Br)cnc3[nH]2)CC1. The summed E-state index contributed by atoms with van der Waals surface area (Å²) in [7, 11) is 2.13. The lowest BCUT2D eigenvalue weighted by atomic mass is 10.1. The molecule has 0 spiro atoms. The van der Waals surface area contributed by atoms with E-state index in [0.717, 1.165) is 45.7 Å². The molecule has 5 heteroatoms. The molecular formula is C13H13BrClN3. The number of nitrogens with one attached hydrogen (secondary N) is 1. The highest BCUT2D eigenvalue weighted by atomic mass is 79.9. The fourth-order valence-corrected chi connectivity index (χ4v) is 2.72. The van der Waals surface area contributed by atoms with Gasteiger partial charge in [0.05, 0.1) is 9.50 Å². The average molecular weight is 327 g/mol. The van der Waals surface area contributed by atoms with E-state index in [1.807, 2.05) is 0 Å². The normalized spacial score (nSPS) is 17.2. The summed E-state index contributed by atoms with van der Waals surface area (Å²) in [6.45, 7) is 2.08. The Kier molecular flexibility index (Phi) is 3.18. The second kappa shape index (κ2) is 4.68. The fraction of sp³-hybridized carbons (Fsp3) is 0.308. The Balaban J connectivity index is 2.06. The molecule has 2 aromatic rings. The second-order valence-corrected chi connectivity index (χ2v) is 5.84. The lowest BCUT2D eigenvalue weighted by Gasteiger charge is -2.21. The van der Waals surface area contributed by atoms with Crippen LogP contribution in [0.4, 0.5) is 0 Å². The molecule has 0 aromatic carbocycles. The van der Waals surface area contributed by atoms with Crippen LogP contribution in [0.2, 0.25) is 5.02 Å². The Morgan fingerprint density at radius 3 is 3.06 bits per heavy atom.